The predicted molar refractivity (Wildman–Crippen MR) is 175 cm³/mol. The molecule has 0 amide bonds. The molecule has 1 atom stereocenters. The highest BCUT2D eigenvalue weighted by molar-refractivity contribution is 7.95. The van der Waals surface area contributed by atoms with Crippen LogP contribution in [-0.2, 0) is 25.2 Å². The monoisotopic (exact) mass is 740 g/mol. The molecular weight excluding hydrogens is 711 g/mol. The Morgan fingerprint density at radius 1 is 1.04 bits per heavy atom. The summed E-state index contributed by atoms with van der Waals surface area (Å²) >= 11 is 13.5. The molecule has 0 aliphatic carbocycles. The van der Waals surface area contributed by atoms with E-state index in [1.165, 1.54) is 39.9 Å². The largest absolute Gasteiger partial charge is 0.476 e. The molecule has 19 heteroatoms. The Morgan fingerprint density at radius 3 is 2.25 bits per heavy atom. The fourth-order valence-electron chi connectivity index (χ4n) is 4.65. The maximum Gasteiger partial charge on any atom is 0.357 e. The average molecular weight is 742 g/mol. The van der Waals surface area contributed by atoms with Gasteiger partial charge in [-0.1, -0.05) is 30.1 Å². The maximum absolute atomic E-state index is 12.1. The Kier molecular flexibility index (Phi) is 11.5. The second-order valence-corrected chi connectivity index (χ2v) is 14.2. The zero-order valence-corrected chi connectivity index (χ0v) is 28.8. The van der Waals surface area contributed by atoms with Crippen molar-refractivity contribution < 1.29 is 41.5 Å². The zero-order chi connectivity index (χ0) is 34.4. The minimum absolute atomic E-state index is 0.00910. The molecule has 1 unspecified atom stereocenters. The van der Waals surface area contributed by atoms with Gasteiger partial charge in [-0.2, -0.15) is 0 Å². The van der Waals surface area contributed by atoms with Gasteiger partial charge in [-0.3, -0.25) is 0 Å². The lowest BCUT2D eigenvalue weighted by molar-refractivity contribution is 0.0515. The first-order valence-corrected chi connectivity index (χ1v) is 18.1. The number of aromatic carboxylic acids is 1. The molecule has 1 N–H and O–H groups in total. The Labute approximate surface area is 289 Å². The van der Waals surface area contributed by atoms with Gasteiger partial charge >= 0.3 is 11.9 Å². The third-order valence-corrected chi connectivity index (χ3v) is 10.0. The van der Waals surface area contributed by atoms with Crippen molar-refractivity contribution in [1.29, 1.82) is 0 Å². The summed E-state index contributed by atoms with van der Waals surface area (Å²) in [5.41, 5.74) is 0.396. The van der Waals surface area contributed by atoms with Crippen LogP contribution in [0.15, 0.2) is 42.7 Å². The van der Waals surface area contributed by atoms with E-state index in [0.717, 1.165) is 12.8 Å². The first kappa shape index (κ1) is 35.4. The number of halogens is 2. The van der Waals surface area contributed by atoms with E-state index in [4.69, 9.17) is 41.6 Å². The van der Waals surface area contributed by atoms with E-state index < -0.39 is 27.9 Å². The molecule has 0 spiro atoms. The molecule has 256 valence electrons. The van der Waals surface area contributed by atoms with Crippen LogP contribution in [0.2, 0.25) is 10.0 Å². The normalized spacial score (nSPS) is 17.0. The third-order valence-electron chi connectivity index (χ3n) is 6.81. The van der Waals surface area contributed by atoms with Crippen LogP contribution in [0.5, 0.6) is 11.8 Å². The van der Waals surface area contributed by atoms with E-state index in [0.29, 0.717) is 28.6 Å². The molecule has 2 aliphatic heterocycles. The second-order valence-electron chi connectivity index (χ2n) is 10.2. The number of hydrogen-bond acceptors (Lipinski definition) is 13. The zero-order valence-electron chi connectivity index (χ0n) is 25.6. The van der Waals surface area contributed by atoms with Crippen molar-refractivity contribution in [1.82, 2.24) is 29.5 Å². The number of hydrogen-bond donors (Lipinski definition) is 1. The van der Waals surface area contributed by atoms with Gasteiger partial charge in [0.1, 0.15) is 6.10 Å². The highest BCUT2D eigenvalue weighted by Crippen LogP contribution is 2.32. The topological polar surface area (TPSA) is 187 Å². The molecule has 0 radical (unpaired) electrons. The highest BCUT2D eigenvalue weighted by atomic mass is 35.5. The Morgan fingerprint density at radius 2 is 1.71 bits per heavy atom. The predicted octanol–water partition coefficient (Wildman–Crippen LogP) is 4.62. The summed E-state index contributed by atoms with van der Waals surface area (Å²) < 4.78 is 46.6. The number of rotatable bonds is 10. The van der Waals surface area contributed by atoms with E-state index in [2.05, 4.69) is 20.2 Å². The lowest BCUT2D eigenvalue weighted by atomic mass is 10.2. The molecular formula is C29H30Cl2N6O9S2. The minimum Gasteiger partial charge on any atom is -0.476 e. The molecule has 48 heavy (non-hydrogen) atoms. The van der Waals surface area contributed by atoms with Gasteiger partial charge in [0.15, 0.2) is 38.3 Å². The SMILES string of the molecule is CCOC(=O)c1cc(OC2CS(=O)(=O)C2)nn1-c1ncccc1Cl.CCc1c(OC2CCCOS2)nn(-c2ncccc2Cl)c1C(=O)O. The molecule has 0 bridgehead atoms. The number of carboxylic acids is 1. The number of nitrogens with zero attached hydrogens (tertiary/aromatic N) is 6. The lowest BCUT2D eigenvalue weighted by Crippen LogP contribution is -2.45. The summed E-state index contributed by atoms with van der Waals surface area (Å²) in [6.45, 7) is 4.41. The van der Waals surface area contributed by atoms with Gasteiger partial charge in [0, 0.05) is 36.1 Å². The van der Waals surface area contributed by atoms with Crippen LogP contribution in [0.1, 0.15) is 53.2 Å². The van der Waals surface area contributed by atoms with Gasteiger partial charge in [-0.15, -0.1) is 10.2 Å². The minimum atomic E-state index is -3.02. The molecule has 15 nitrogen and oxygen atoms in total. The smallest absolute Gasteiger partial charge is 0.357 e. The standard InChI is InChI=1S/C15H16ClN3O4S.C14H14ClN3O5S/c1-2-9-12(15(20)21)19(13-10(16)5-3-7-17-13)18-14(9)23-11-6-4-8-22-24-11;1-2-22-14(19)11-6-12(23-9-7-24(20,21)8-9)17-18(11)13-10(15)4-3-5-16-13/h3,5,7,11H,2,4,6,8H2,1H3,(H,20,21);3-6,9H,2,7-8H2,1H3. The highest BCUT2D eigenvalue weighted by Gasteiger charge is 2.36. The molecule has 4 aromatic heterocycles. The number of aromatic nitrogens is 6. The number of sulfone groups is 1. The van der Waals surface area contributed by atoms with Crippen molar-refractivity contribution in [2.45, 2.75) is 44.6 Å². The van der Waals surface area contributed by atoms with Gasteiger partial charge in [0.25, 0.3) is 0 Å². The Balaban J connectivity index is 0.000000188. The molecule has 0 aromatic carbocycles. The van der Waals surface area contributed by atoms with Crippen LogP contribution >= 0.6 is 35.2 Å². The number of esters is 1. The van der Waals surface area contributed by atoms with Gasteiger partial charge in [0.05, 0.1) is 34.8 Å². The van der Waals surface area contributed by atoms with Gasteiger partial charge in [-0.05, 0) is 50.5 Å². The van der Waals surface area contributed by atoms with Crippen LogP contribution in [-0.4, -0.2) is 91.3 Å². The molecule has 6 heterocycles. The Bertz CT molecular complexity index is 1890. The Hall–Kier alpha value is -3.90. The molecule has 2 saturated heterocycles. The second kappa shape index (κ2) is 15.5. The third kappa shape index (κ3) is 8.20. The number of carbonyl (C=O) groups is 2. The number of pyridine rings is 2. The first-order chi connectivity index (χ1) is 23.0. The summed E-state index contributed by atoms with van der Waals surface area (Å²) in [7, 11) is -3.02. The maximum atomic E-state index is 12.1. The average Bonchev–Trinajstić information content (AvgIpc) is 3.63. The van der Waals surface area contributed by atoms with Crippen LogP contribution in [0.25, 0.3) is 11.6 Å². The first-order valence-electron chi connectivity index (χ1n) is 14.7. The van der Waals surface area contributed by atoms with Crippen LogP contribution in [0.4, 0.5) is 0 Å². The van der Waals surface area contributed by atoms with Gasteiger partial charge in [-0.25, -0.2) is 37.3 Å². The molecule has 2 fully saturated rings. The summed E-state index contributed by atoms with van der Waals surface area (Å²) in [6.07, 6.45) is 4.72. The fourth-order valence-corrected chi connectivity index (χ4v) is 6.99. The van der Waals surface area contributed by atoms with E-state index >= 15 is 0 Å². The molecule has 0 saturated carbocycles. The van der Waals surface area contributed by atoms with Gasteiger partial charge in [0.2, 0.25) is 11.8 Å². The van der Waals surface area contributed by atoms with Crippen molar-refractivity contribution in [2.24, 2.45) is 0 Å². The van der Waals surface area contributed by atoms with E-state index in [1.807, 2.05) is 6.92 Å². The summed E-state index contributed by atoms with van der Waals surface area (Å²) in [6, 6.07) is 7.95. The molecule has 2 aliphatic rings. The van der Waals surface area contributed by atoms with E-state index in [1.54, 1.807) is 31.2 Å². The van der Waals surface area contributed by atoms with Crippen molar-refractivity contribution >= 4 is 57.0 Å². The fraction of sp³-hybridized carbons (Fsp3) is 0.379. The summed E-state index contributed by atoms with van der Waals surface area (Å²) in [5, 5.41) is 18.7. The number of ether oxygens (including phenoxy) is 3. The lowest BCUT2D eigenvalue weighted by Gasteiger charge is -2.25. The van der Waals surface area contributed by atoms with E-state index in [9.17, 15) is 23.1 Å². The van der Waals surface area contributed by atoms with Crippen molar-refractivity contribution in [3.8, 4) is 23.4 Å². The van der Waals surface area contributed by atoms with Crippen molar-refractivity contribution in [3.05, 3.63) is 69.7 Å². The van der Waals surface area contributed by atoms with E-state index in [-0.39, 0.29) is 58.3 Å². The number of carboxylic acid groups (broad SMARTS) is 1. The van der Waals surface area contributed by atoms with Crippen LogP contribution < -0.4 is 9.47 Å². The molecule has 6 rings (SSSR count). The molecule has 4 aromatic rings. The van der Waals surface area contributed by atoms with Crippen molar-refractivity contribution in [2.75, 3.05) is 24.7 Å². The van der Waals surface area contributed by atoms with Gasteiger partial charge < -0.3 is 23.5 Å². The quantitative estimate of drug-likeness (QED) is 0.175. The summed E-state index contributed by atoms with van der Waals surface area (Å²) in [4.78, 5) is 32.2. The number of carbonyl (C=O) groups excluding carboxylic acids is 1. The van der Waals surface area contributed by atoms with Crippen LogP contribution in [0, 0.1) is 0 Å². The van der Waals surface area contributed by atoms with Crippen molar-refractivity contribution in [3.63, 3.8) is 0 Å². The van der Waals surface area contributed by atoms with Crippen LogP contribution in [0.3, 0.4) is 0 Å². The summed E-state index contributed by atoms with van der Waals surface area (Å²) in [5.74, 6) is -0.963.